The molecule has 0 N–H and O–H groups in total. The molecule has 3 radical (unpaired) electrons. The number of aromatic nitrogens is 6. The molecule has 7 unspecified atom stereocenters. The SMILES string of the molecule is CC(C)CC(CC(C)C)c1cccc(C(CC(C)C)CC(C)C)c1-c1cnc2c3[c-]cccc3c3ccccc3n12.CC1(C)C2CCC1(C)C(c1cccc(C3CC4CCC3(C)C4(C)C)c1-c1cnc3c4[c-]cccc4c4ccccc4n13)C2.[Ir].[Ir].[Ir].[c-]1cccc2c1c1ncc(-c3ccccc3C3CCCc4ccccc43)n1c1ccccc21. The Morgan fingerprint density at radius 2 is 0.725 bits per heavy atom. The maximum atomic E-state index is 5.23. The number of nitrogens with zero attached hydrogens (tertiary/aromatic N) is 6. The van der Waals surface area contributed by atoms with Crippen molar-refractivity contribution in [3.05, 3.63) is 288 Å². The van der Waals surface area contributed by atoms with Crippen LogP contribution in [0.25, 0.3) is 116 Å². The van der Waals surface area contributed by atoms with E-state index in [0.717, 1.165) is 50.6 Å². The van der Waals surface area contributed by atoms with Crippen LogP contribution in [-0.4, -0.2) is 28.2 Å². The first-order chi connectivity index (χ1) is 56.6. The van der Waals surface area contributed by atoms with Gasteiger partial charge in [-0.05, 0) is 238 Å². The number of hydrogen-bond acceptors (Lipinski definition) is 3. The van der Waals surface area contributed by atoms with E-state index in [1.165, 1.54) is 188 Å². The molecule has 6 aromatic heterocycles. The first kappa shape index (κ1) is 85.3. The Labute approximate surface area is 753 Å². The van der Waals surface area contributed by atoms with E-state index in [1.807, 2.05) is 18.2 Å². The van der Waals surface area contributed by atoms with Crippen molar-refractivity contribution in [3.8, 4) is 33.8 Å². The first-order valence-corrected chi connectivity index (χ1v) is 44.6. The Hall–Kier alpha value is -8.22. The Bertz CT molecular complexity index is 6360. The Morgan fingerprint density at radius 3 is 1.14 bits per heavy atom. The van der Waals surface area contributed by atoms with Crippen LogP contribution in [-0.2, 0) is 66.7 Å². The van der Waals surface area contributed by atoms with Crippen LogP contribution in [0, 0.1) is 75.4 Å². The fraction of sp³-hybridized carbons (Fsp3) is 0.378. The molecular formula is C111H117Ir3N6-3. The molecule has 5 aliphatic rings. The third-order valence-corrected chi connectivity index (χ3v) is 30.8. The van der Waals surface area contributed by atoms with Crippen molar-refractivity contribution >= 4 is 82.0 Å². The molecule has 10 aromatic carbocycles. The van der Waals surface area contributed by atoms with E-state index in [-0.39, 0.29) is 60.3 Å². The van der Waals surface area contributed by atoms with Crippen LogP contribution in [0.2, 0.25) is 0 Å². The van der Waals surface area contributed by atoms with Gasteiger partial charge in [-0.2, -0.15) is 0 Å². The summed E-state index contributed by atoms with van der Waals surface area (Å²) in [6.07, 6.45) is 22.9. The Morgan fingerprint density at radius 1 is 0.367 bits per heavy atom. The van der Waals surface area contributed by atoms with Gasteiger partial charge in [-0.1, -0.05) is 253 Å². The van der Waals surface area contributed by atoms with Gasteiger partial charge >= 0.3 is 0 Å². The second kappa shape index (κ2) is 33.8. The molecule has 7 atom stereocenters. The standard InChI is InChI=1S/C41H45N2.C39H49N2.C31H23N2.3Ir/c1-38(2)25-18-20-40(38,5)32(22-25)30-15-11-16-31(33-23-26-19-21-41(33,6)39(26,3)4)36(30)35-24-42-37-29-14-8-7-12-27(29)28-13-9-10-17-34(28)43(35)37;1-25(2)20-29(21-26(3)4)31-17-13-18-32(30(22-27(5)6)23-28(7)8)38(31)37-24-40-39-35-16-10-9-14-33(35)34-15-11-12-19-36(34)41(37)39;1-2-12-22-21(10-1)11-9-18-23(22)24-13-3-5-16-27(24)30-20-32-31-28-17-6-4-14-25(28)26-15-7-8-19-29(26)33(30)31;;;/h7-13,15-17,24-26,32-33H,18-23H2,1-6H3;9-15,17-19,24-30H,20-23H2,1-8H3;1-8,10,12-16,19-20,23H,9,11,18H2;;;/q3*-1;;;. The van der Waals surface area contributed by atoms with E-state index in [1.54, 1.807) is 11.1 Å². The molecule has 6 nitrogen and oxygen atoms in total. The van der Waals surface area contributed by atoms with E-state index in [2.05, 4.69) is 341 Å². The second-order valence-electron chi connectivity index (χ2n) is 39.4. The minimum absolute atomic E-state index is 0. The molecule has 0 amide bonds. The predicted octanol–water partition coefficient (Wildman–Crippen LogP) is 30.0. The minimum Gasteiger partial charge on any atom is -0.333 e. The summed E-state index contributed by atoms with van der Waals surface area (Å²) in [6, 6.07) is 88.5. The smallest absolute Gasteiger partial charge is 0.0639 e. The number of hydrogen-bond donors (Lipinski definition) is 0. The van der Waals surface area contributed by atoms with Crippen molar-refractivity contribution in [2.75, 3.05) is 0 Å². The first-order valence-electron chi connectivity index (χ1n) is 44.6. The summed E-state index contributed by atoms with van der Waals surface area (Å²) in [5, 5.41) is 10.7. The molecule has 0 aliphatic heterocycles. The Kier molecular flexibility index (Phi) is 24.0. The number of para-hydroxylation sites is 3. The van der Waals surface area contributed by atoms with Crippen molar-refractivity contribution in [2.45, 2.75) is 210 Å². The van der Waals surface area contributed by atoms with Gasteiger partial charge in [0.25, 0.3) is 0 Å². The zero-order valence-electron chi connectivity index (χ0n) is 72.7. The zero-order valence-corrected chi connectivity index (χ0v) is 79.9. The molecule has 621 valence electrons. The molecule has 0 spiro atoms. The number of pyridine rings is 3. The van der Waals surface area contributed by atoms with Crippen LogP contribution in [0.4, 0.5) is 0 Å². The number of imidazole rings is 3. The van der Waals surface area contributed by atoms with Gasteiger partial charge in [0.1, 0.15) is 0 Å². The molecule has 4 fully saturated rings. The summed E-state index contributed by atoms with van der Waals surface area (Å²) in [7, 11) is 0. The van der Waals surface area contributed by atoms with Gasteiger partial charge in [0.15, 0.2) is 0 Å². The summed E-state index contributed by atoms with van der Waals surface area (Å²) in [5.74, 6) is 6.73. The molecule has 4 saturated carbocycles. The number of fused-ring (bicyclic) bond motifs is 23. The van der Waals surface area contributed by atoms with E-state index in [0.29, 0.717) is 74.9 Å². The third-order valence-electron chi connectivity index (χ3n) is 30.8. The van der Waals surface area contributed by atoms with Crippen LogP contribution < -0.4 is 0 Å². The minimum atomic E-state index is 0. The molecule has 4 bridgehead atoms. The monoisotopic (exact) mass is 2110 g/mol. The largest absolute Gasteiger partial charge is 0.333 e. The van der Waals surface area contributed by atoms with E-state index >= 15 is 0 Å². The fourth-order valence-electron chi connectivity index (χ4n) is 24.6. The van der Waals surface area contributed by atoms with E-state index < -0.39 is 0 Å². The van der Waals surface area contributed by atoms with Gasteiger partial charge in [0.2, 0.25) is 0 Å². The van der Waals surface area contributed by atoms with Crippen LogP contribution in [0.5, 0.6) is 0 Å². The maximum absolute atomic E-state index is 5.23. The summed E-state index contributed by atoms with van der Waals surface area (Å²) in [4.78, 5) is 15.3. The summed E-state index contributed by atoms with van der Waals surface area (Å²) in [5.41, 5.74) is 26.4. The maximum Gasteiger partial charge on any atom is 0.0639 e. The second-order valence-corrected chi connectivity index (χ2v) is 39.4. The molecule has 120 heavy (non-hydrogen) atoms. The Balaban J connectivity index is 0.000000133. The van der Waals surface area contributed by atoms with Crippen molar-refractivity contribution in [1.82, 2.24) is 28.2 Å². The van der Waals surface area contributed by atoms with Crippen LogP contribution in [0.15, 0.2) is 231 Å². The molecule has 9 heteroatoms. The normalized spacial score (nSPS) is 20.8. The molecule has 21 rings (SSSR count). The van der Waals surface area contributed by atoms with Gasteiger partial charge in [0.05, 0.1) is 34.0 Å². The van der Waals surface area contributed by atoms with Crippen LogP contribution in [0.3, 0.4) is 0 Å². The number of rotatable bonds is 16. The average Bonchev–Trinajstić information content (AvgIpc) is 1.52. The molecule has 5 aliphatic carbocycles. The van der Waals surface area contributed by atoms with Crippen molar-refractivity contribution in [3.63, 3.8) is 0 Å². The van der Waals surface area contributed by atoms with E-state index in [9.17, 15) is 0 Å². The van der Waals surface area contributed by atoms with E-state index in [4.69, 9.17) is 15.0 Å². The molecule has 6 heterocycles. The summed E-state index contributed by atoms with van der Waals surface area (Å²) < 4.78 is 7.28. The van der Waals surface area contributed by atoms with Gasteiger partial charge in [-0.3, -0.25) is 15.0 Å². The van der Waals surface area contributed by atoms with Gasteiger partial charge in [0, 0.05) is 118 Å². The van der Waals surface area contributed by atoms with Gasteiger partial charge < -0.3 is 13.2 Å². The quantitative estimate of drug-likeness (QED) is 0.0716. The van der Waals surface area contributed by atoms with Crippen molar-refractivity contribution in [2.24, 2.45) is 57.2 Å². The van der Waals surface area contributed by atoms with Crippen molar-refractivity contribution < 1.29 is 60.3 Å². The number of benzene rings is 10. The zero-order chi connectivity index (χ0) is 80.6. The predicted molar refractivity (Wildman–Crippen MR) is 492 cm³/mol. The number of aryl methyl sites for hydroxylation is 1. The summed E-state index contributed by atoms with van der Waals surface area (Å²) in [6.45, 7) is 34.5. The van der Waals surface area contributed by atoms with Gasteiger partial charge in [-0.15, -0.1) is 89.0 Å². The van der Waals surface area contributed by atoms with Crippen LogP contribution >= 0.6 is 0 Å². The molecular weight excluding hydrogens is 1990 g/mol. The topological polar surface area (TPSA) is 51.9 Å². The fourth-order valence-corrected chi connectivity index (χ4v) is 24.6. The van der Waals surface area contributed by atoms with Crippen LogP contribution in [0.1, 0.15) is 243 Å². The summed E-state index contributed by atoms with van der Waals surface area (Å²) >= 11 is 0. The third kappa shape index (κ3) is 14.2. The van der Waals surface area contributed by atoms with Crippen molar-refractivity contribution in [1.29, 1.82) is 0 Å². The van der Waals surface area contributed by atoms with Gasteiger partial charge in [-0.25, -0.2) is 0 Å². The molecule has 16 aromatic rings. The molecule has 0 saturated heterocycles. The average molecular weight is 2110 g/mol.